The van der Waals surface area contributed by atoms with Crippen molar-refractivity contribution in [2.75, 3.05) is 11.1 Å². The molecule has 0 unspecified atom stereocenters. The number of aliphatic carboxylic acids is 1. The van der Waals surface area contributed by atoms with Crippen LogP contribution in [0.2, 0.25) is 0 Å². The summed E-state index contributed by atoms with van der Waals surface area (Å²) in [5, 5.41) is 11.6. The molecule has 1 aliphatic rings. The van der Waals surface area contributed by atoms with E-state index in [1.165, 1.54) is 17.8 Å². The Morgan fingerprint density at radius 2 is 1.92 bits per heavy atom. The molecule has 2 aromatic rings. The van der Waals surface area contributed by atoms with Gasteiger partial charge in [0.25, 0.3) is 0 Å². The fourth-order valence-corrected chi connectivity index (χ4v) is 3.53. The fraction of sp³-hybridized carbons (Fsp3) is 0.263. The maximum Gasteiger partial charge on any atom is 0.313 e. The van der Waals surface area contributed by atoms with Gasteiger partial charge in [-0.2, -0.15) is 0 Å². The van der Waals surface area contributed by atoms with E-state index < -0.39 is 11.4 Å². The highest BCUT2D eigenvalue weighted by atomic mass is 32.2. The van der Waals surface area contributed by atoms with Crippen molar-refractivity contribution in [3.63, 3.8) is 0 Å². The highest BCUT2D eigenvalue weighted by Crippen LogP contribution is 2.49. The van der Waals surface area contributed by atoms with E-state index in [1.807, 2.05) is 18.2 Å². The number of hydrogen-bond acceptors (Lipinski definition) is 3. The molecule has 0 aliphatic heterocycles. The van der Waals surface area contributed by atoms with Gasteiger partial charge < -0.3 is 10.4 Å². The third-order valence-electron chi connectivity index (χ3n) is 4.25. The number of hydrogen-bond donors (Lipinski definition) is 2. The molecule has 0 radical (unpaired) electrons. The average molecular weight is 359 g/mol. The minimum Gasteiger partial charge on any atom is -0.481 e. The molecule has 0 saturated heterocycles. The molecule has 25 heavy (non-hydrogen) atoms. The van der Waals surface area contributed by atoms with Gasteiger partial charge >= 0.3 is 5.97 Å². The van der Waals surface area contributed by atoms with E-state index in [0.29, 0.717) is 29.8 Å². The first-order valence-electron chi connectivity index (χ1n) is 7.96. The Hall–Kier alpha value is -2.34. The molecule has 0 spiro atoms. The normalized spacial score (nSPS) is 14.8. The zero-order valence-electron chi connectivity index (χ0n) is 13.5. The van der Waals surface area contributed by atoms with Gasteiger partial charge in [-0.3, -0.25) is 9.59 Å². The highest BCUT2D eigenvalue weighted by Gasteiger charge is 2.52. The van der Waals surface area contributed by atoms with Crippen molar-refractivity contribution < 1.29 is 19.1 Å². The zero-order valence-corrected chi connectivity index (χ0v) is 14.3. The monoisotopic (exact) mass is 359 g/mol. The number of anilines is 1. The van der Waals surface area contributed by atoms with E-state index in [1.54, 1.807) is 24.3 Å². The van der Waals surface area contributed by atoms with E-state index in [-0.39, 0.29) is 17.5 Å². The summed E-state index contributed by atoms with van der Waals surface area (Å²) >= 11 is 1.30. The smallest absolute Gasteiger partial charge is 0.313 e. The molecule has 1 amide bonds. The Morgan fingerprint density at radius 3 is 2.60 bits per heavy atom. The molecule has 1 fully saturated rings. The van der Waals surface area contributed by atoms with Gasteiger partial charge in [-0.05, 0) is 36.6 Å². The van der Waals surface area contributed by atoms with Crippen LogP contribution in [0, 0.1) is 5.82 Å². The van der Waals surface area contributed by atoms with Crippen molar-refractivity contribution in [3.8, 4) is 0 Å². The van der Waals surface area contributed by atoms with Gasteiger partial charge in [-0.25, -0.2) is 4.39 Å². The Morgan fingerprint density at radius 1 is 1.16 bits per heavy atom. The average Bonchev–Trinajstić information content (AvgIpc) is 3.37. The van der Waals surface area contributed by atoms with Crippen LogP contribution in [0.4, 0.5) is 10.1 Å². The molecule has 0 aromatic heterocycles. The first-order valence-corrected chi connectivity index (χ1v) is 9.12. The van der Waals surface area contributed by atoms with Crippen molar-refractivity contribution in [1.82, 2.24) is 0 Å². The molecule has 6 heteroatoms. The number of carboxylic acid groups (broad SMARTS) is 1. The van der Waals surface area contributed by atoms with E-state index in [2.05, 4.69) is 5.32 Å². The number of amides is 1. The molecule has 1 aliphatic carbocycles. The lowest BCUT2D eigenvalue weighted by Gasteiger charge is -2.17. The molecule has 130 valence electrons. The molecule has 0 atom stereocenters. The molecular formula is C19H18FNO3S. The Balaban J connectivity index is 1.69. The van der Waals surface area contributed by atoms with Crippen LogP contribution in [0.1, 0.15) is 24.0 Å². The number of halogens is 1. The Kier molecular flexibility index (Phi) is 5.08. The molecule has 3 rings (SSSR count). The van der Waals surface area contributed by atoms with E-state index >= 15 is 0 Å². The summed E-state index contributed by atoms with van der Waals surface area (Å²) in [6.45, 7) is 0. The maximum atomic E-state index is 14.1. The van der Waals surface area contributed by atoms with Crippen molar-refractivity contribution in [2.45, 2.75) is 24.0 Å². The van der Waals surface area contributed by atoms with Crippen LogP contribution in [0.15, 0.2) is 48.5 Å². The second-order valence-electron chi connectivity index (χ2n) is 6.10. The molecular weight excluding hydrogens is 341 g/mol. The third kappa shape index (κ3) is 4.02. The maximum absolute atomic E-state index is 14.1. The zero-order chi connectivity index (χ0) is 17.9. The second-order valence-corrected chi connectivity index (χ2v) is 7.09. The molecule has 1 saturated carbocycles. The number of carbonyl (C=O) groups excluding carboxylic acids is 1. The lowest BCUT2D eigenvalue weighted by molar-refractivity contribution is -0.133. The van der Waals surface area contributed by atoms with E-state index in [4.69, 9.17) is 5.11 Å². The van der Waals surface area contributed by atoms with Gasteiger partial charge in [-0.1, -0.05) is 30.3 Å². The quantitative estimate of drug-likeness (QED) is 0.789. The Bertz CT molecular complexity index is 805. The summed E-state index contributed by atoms with van der Waals surface area (Å²) < 4.78 is 14.1. The first-order chi connectivity index (χ1) is 12.0. The van der Waals surface area contributed by atoms with Gasteiger partial charge in [0, 0.05) is 17.0 Å². The van der Waals surface area contributed by atoms with Crippen LogP contribution < -0.4 is 5.32 Å². The third-order valence-corrected chi connectivity index (χ3v) is 5.24. The van der Waals surface area contributed by atoms with E-state index in [9.17, 15) is 14.0 Å². The summed E-state index contributed by atoms with van der Waals surface area (Å²) in [6.07, 6.45) is 1.27. The van der Waals surface area contributed by atoms with Gasteiger partial charge in [0.2, 0.25) is 5.91 Å². The topological polar surface area (TPSA) is 66.4 Å². The minimum atomic E-state index is -0.852. The van der Waals surface area contributed by atoms with Gasteiger partial charge in [0.05, 0.1) is 11.2 Å². The summed E-state index contributed by atoms with van der Waals surface area (Å²) in [6, 6.07) is 13.7. The SMILES string of the molecule is O=C(O)CSCc1cccc(NC(=O)C2(c3ccccc3F)CC2)c1. The summed E-state index contributed by atoms with van der Waals surface area (Å²) in [5.74, 6) is -0.821. The fourth-order valence-electron chi connectivity index (χ4n) is 2.84. The van der Waals surface area contributed by atoms with Crippen molar-refractivity contribution in [2.24, 2.45) is 0 Å². The van der Waals surface area contributed by atoms with Crippen molar-refractivity contribution in [3.05, 3.63) is 65.5 Å². The number of carboxylic acids is 1. The van der Waals surface area contributed by atoms with Crippen molar-refractivity contribution >= 4 is 29.3 Å². The predicted octanol–water partition coefficient (Wildman–Crippen LogP) is 3.81. The van der Waals surface area contributed by atoms with Gasteiger partial charge in [-0.15, -0.1) is 11.8 Å². The molecule has 0 bridgehead atoms. The second kappa shape index (κ2) is 7.27. The molecule has 2 aromatic carbocycles. The summed E-state index contributed by atoms with van der Waals surface area (Å²) in [7, 11) is 0. The summed E-state index contributed by atoms with van der Waals surface area (Å²) in [4.78, 5) is 23.3. The van der Waals surface area contributed by atoms with Gasteiger partial charge in [0.1, 0.15) is 5.82 Å². The summed E-state index contributed by atoms with van der Waals surface area (Å²) in [5.41, 5.74) is 1.24. The van der Waals surface area contributed by atoms with Crippen LogP contribution in [0.3, 0.4) is 0 Å². The first kappa shape index (κ1) is 17.5. The predicted molar refractivity (Wildman–Crippen MR) is 96.2 cm³/mol. The largest absolute Gasteiger partial charge is 0.481 e. The number of carbonyl (C=O) groups is 2. The highest BCUT2D eigenvalue weighted by molar-refractivity contribution is 7.99. The number of thioether (sulfide) groups is 1. The number of rotatable bonds is 7. The lowest BCUT2D eigenvalue weighted by atomic mass is 9.94. The number of benzene rings is 2. The van der Waals surface area contributed by atoms with Crippen LogP contribution in [-0.2, 0) is 20.8 Å². The Labute approximate surface area is 149 Å². The molecule has 0 heterocycles. The molecule has 2 N–H and O–H groups in total. The standard InChI is InChI=1S/C19H18FNO3S/c20-16-7-2-1-6-15(16)19(8-9-19)18(24)21-14-5-3-4-13(10-14)11-25-12-17(22)23/h1-7,10H,8-9,11-12H2,(H,21,24)(H,22,23). The van der Waals surface area contributed by atoms with Gasteiger partial charge in [0.15, 0.2) is 0 Å². The lowest BCUT2D eigenvalue weighted by Crippen LogP contribution is -2.28. The number of nitrogens with one attached hydrogen (secondary N) is 1. The minimum absolute atomic E-state index is 0.0347. The molecule has 4 nitrogen and oxygen atoms in total. The van der Waals surface area contributed by atoms with Crippen LogP contribution in [-0.4, -0.2) is 22.7 Å². The van der Waals surface area contributed by atoms with Crippen LogP contribution in [0.25, 0.3) is 0 Å². The van der Waals surface area contributed by atoms with Crippen molar-refractivity contribution in [1.29, 1.82) is 0 Å². The van der Waals surface area contributed by atoms with Crippen LogP contribution in [0.5, 0.6) is 0 Å². The van der Waals surface area contributed by atoms with Crippen LogP contribution >= 0.6 is 11.8 Å². The van der Waals surface area contributed by atoms with E-state index in [0.717, 1.165) is 5.56 Å².